The van der Waals surface area contributed by atoms with Crippen LogP contribution in [0, 0.1) is 12.8 Å². The van der Waals surface area contributed by atoms with Crippen molar-refractivity contribution in [2.75, 3.05) is 31.3 Å². The number of anilines is 2. The first-order chi connectivity index (χ1) is 17.3. The first-order valence-electron chi connectivity index (χ1n) is 12.3. The summed E-state index contributed by atoms with van der Waals surface area (Å²) in [5.41, 5.74) is 3.93. The molecule has 0 radical (unpaired) electrons. The Hall–Kier alpha value is -2.91. The maximum absolute atomic E-state index is 13.3. The summed E-state index contributed by atoms with van der Waals surface area (Å²) in [6.45, 7) is 3.09. The molecule has 0 aromatic heterocycles. The number of aryl methyl sites for hydroxylation is 1. The largest absolute Gasteiger partial charge is 0.496 e. The van der Waals surface area contributed by atoms with Crippen LogP contribution in [0.1, 0.15) is 53.6 Å². The summed E-state index contributed by atoms with van der Waals surface area (Å²) >= 11 is 3.59. The van der Waals surface area contributed by atoms with Crippen LogP contribution in [0.3, 0.4) is 0 Å². The highest BCUT2D eigenvalue weighted by Gasteiger charge is 2.37. The van der Waals surface area contributed by atoms with Gasteiger partial charge in [-0.25, -0.2) is 0 Å². The van der Waals surface area contributed by atoms with Gasteiger partial charge in [-0.1, -0.05) is 22.0 Å². The van der Waals surface area contributed by atoms with E-state index in [1.807, 2.05) is 36.1 Å². The summed E-state index contributed by atoms with van der Waals surface area (Å²) in [6.07, 6.45) is 3.38. The lowest BCUT2D eigenvalue weighted by Gasteiger charge is -2.34. The number of halogens is 1. The van der Waals surface area contributed by atoms with Crippen LogP contribution in [0.2, 0.25) is 0 Å². The molecule has 0 spiro atoms. The quantitative estimate of drug-likeness (QED) is 0.445. The summed E-state index contributed by atoms with van der Waals surface area (Å²) in [7, 11) is 3.42. The van der Waals surface area contributed by atoms with E-state index in [9.17, 15) is 14.4 Å². The molecule has 0 atom stereocenters. The van der Waals surface area contributed by atoms with E-state index in [1.165, 1.54) is 0 Å². The number of amides is 3. The Morgan fingerprint density at radius 1 is 1.08 bits per heavy atom. The van der Waals surface area contributed by atoms with E-state index in [4.69, 9.17) is 4.74 Å². The van der Waals surface area contributed by atoms with Crippen molar-refractivity contribution in [1.29, 1.82) is 0 Å². The summed E-state index contributed by atoms with van der Waals surface area (Å²) in [5, 5.41) is 8.85. The Balaban J connectivity index is 1.35. The SMILES string of the molecule is CNCCC(=O)Nc1cc(Br)c2c(c1)C(=O)N(C1CCC(C(=O)Nc3ccc(C)c(OC)c3)CC1)C2. The molecule has 0 bridgehead atoms. The Labute approximate surface area is 220 Å². The second kappa shape index (κ2) is 11.4. The Kier molecular flexibility index (Phi) is 8.31. The van der Waals surface area contributed by atoms with Crippen molar-refractivity contribution < 1.29 is 19.1 Å². The molecule has 3 amide bonds. The van der Waals surface area contributed by atoms with Gasteiger partial charge in [-0.05, 0) is 69.0 Å². The molecule has 0 unspecified atom stereocenters. The molecule has 1 aliphatic carbocycles. The molecule has 9 heteroatoms. The van der Waals surface area contributed by atoms with Crippen molar-refractivity contribution in [3.63, 3.8) is 0 Å². The number of hydrogen-bond donors (Lipinski definition) is 3. The van der Waals surface area contributed by atoms with Crippen molar-refractivity contribution in [3.05, 3.63) is 51.5 Å². The van der Waals surface area contributed by atoms with E-state index in [2.05, 4.69) is 31.9 Å². The Morgan fingerprint density at radius 2 is 1.83 bits per heavy atom. The van der Waals surface area contributed by atoms with Crippen molar-refractivity contribution in [2.45, 2.75) is 51.6 Å². The predicted molar refractivity (Wildman–Crippen MR) is 143 cm³/mol. The van der Waals surface area contributed by atoms with Crippen molar-refractivity contribution >= 4 is 45.0 Å². The molecule has 192 valence electrons. The van der Waals surface area contributed by atoms with E-state index in [0.29, 0.717) is 30.8 Å². The number of carbonyl (C=O) groups is 3. The number of hydrogen-bond acceptors (Lipinski definition) is 5. The first kappa shape index (κ1) is 26.2. The minimum absolute atomic E-state index is 0.0109. The molecule has 0 saturated heterocycles. The average molecular weight is 557 g/mol. The second-order valence-corrected chi connectivity index (χ2v) is 10.4. The van der Waals surface area contributed by atoms with E-state index in [-0.39, 0.29) is 29.7 Å². The van der Waals surface area contributed by atoms with Gasteiger partial charge >= 0.3 is 0 Å². The summed E-state index contributed by atoms with van der Waals surface area (Å²) in [4.78, 5) is 40.2. The fourth-order valence-corrected chi connectivity index (χ4v) is 5.59. The van der Waals surface area contributed by atoms with E-state index < -0.39 is 0 Å². The molecule has 1 heterocycles. The van der Waals surface area contributed by atoms with E-state index in [1.54, 1.807) is 20.2 Å². The van der Waals surface area contributed by atoms with Crippen LogP contribution in [0.4, 0.5) is 11.4 Å². The lowest BCUT2D eigenvalue weighted by Crippen LogP contribution is -2.40. The minimum atomic E-state index is -0.0980. The third kappa shape index (κ3) is 5.73. The highest BCUT2D eigenvalue weighted by Crippen LogP contribution is 2.37. The molecule has 1 saturated carbocycles. The normalized spacial score (nSPS) is 19.1. The average Bonchev–Trinajstić information content (AvgIpc) is 3.20. The minimum Gasteiger partial charge on any atom is -0.496 e. The number of carbonyl (C=O) groups excluding carboxylic acids is 3. The van der Waals surface area contributed by atoms with Gasteiger partial charge in [0, 0.05) is 58.9 Å². The van der Waals surface area contributed by atoms with Gasteiger partial charge in [0.2, 0.25) is 11.8 Å². The van der Waals surface area contributed by atoms with Gasteiger partial charge in [0.25, 0.3) is 5.91 Å². The highest BCUT2D eigenvalue weighted by atomic mass is 79.9. The zero-order valence-electron chi connectivity index (χ0n) is 20.9. The Morgan fingerprint density at radius 3 is 2.53 bits per heavy atom. The Bertz CT molecular complexity index is 1160. The van der Waals surface area contributed by atoms with Crippen molar-refractivity contribution in [1.82, 2.24) is 10.2 Å². The number of methoxy groups -OCH3 is 1. The van der Waals surface area contributed by atoms with Crippen LogP contribution < -0.4 is 20.7 Å². The number of nitrogens with zero attached hydrogens (tertiary/aromatic N) is 1. The van der Waals surface area contributed by atoms with Crippen LogP contribution >= 0.6 is 15.9 Å². The maximum atomic E-state index is 13.3. The smallest absolute Gasteiger partial charge is 0.254 e. The van der Waals surface area contributed by atoms with Gasteiger partial charge in [0.1, 0.15) is 5.75 Å². The number of fused-ring (bicyclic) bond motifs is 1. The molecule has 36 heavy (non-hydrogen) atoms. The summed E-state index contributed by atoms with van der Waals surface area (Å²) < 4.78 is 6.18. The van der Waals surface area contributed by atoms with Gasteiger partial charge in [0.05, 0.1) is 7.11 Å². The fraction of sp³-hybridized carbons (Fsp3) is 0.444. The van der Waals surface area contributed by atoms with Gasteiger partial charge < -0.3 is 25.6 Å². The van der Waals surface area contributed by atoms with Crippen LogP contribution in [-0.4, -0.2) is 49.4 Å². The van der Waals surface area contributed by atoms with Gasteiger partial charge in [-0.3, -0.25) is 14.4 Å². The van der Waals surface area contributed by atoms with Gasteiger partial charge in [0.15, 0.2) is 0 Å². The molecular weight excluding hydrogens is 524 g/mol. The monoisotopic (exact) mass is 556 g/mol. The number of rotatable bonds is 8. The summed E-state index contributed by atoms with van der Waals surface area (Å²) in [6, 6.07) is 9.38. The number of ether oxygens (including phenoxy) is 1. The van der Waals surface area contributed by atoms with Gasteiger partial charge in [-0.15, -0.1) is 0 Å². The second-order valence-electron chi connectivity index (χ2n) is 9.50. The standard InChI is InChI=1S/C27H33BrN4O4/c1-16-4-7-18(14-24(16)36-3)31-26(34)17-5-8-20(9-6-17)32-15-22-21(27(32)35)12-19(13-23(22)28)30-25(33)10-11-29-2/h4,7,12-14,17,20,29H,5-6,8-11,15H2,1-3H3,(H,30,33)(H,31,34). The molecule has 8 nitrogen and oxygen atoms in total. The van der Waals surface area contributed by atoms with Crippen LogP contribution in [0.15, 0.2) is 34.8 Å². The lowest BCUT2D eigenvalue weighted by atomic mass is 9.84. The lowest BCUT2D eigenvalue weighted by molar-refractivity contribution is -0.121. The maximum Gasteiger partial charge on any atom is 0.254 e. The zero-order chi connectivity index (χ0) is 25.8. The van der Waals surface area contributed by atoms with Crippen LogP contribution in [0.25, 0.3) is 0 Å². The molecule has 2 aromatic carbocycles. The third-order valence-corrected chi connectivity index (χ3v) is 7.79. The predicted octanol–water partition coefficient (Wildman–Crippen LogP) is 4.47. The van der Waals surface area contributed by atoms with E-state index in [0.717, 1.165) is 52.7 Å². The molecule has 2 aliphatic rings. The van der Waals surface area contributed by atoms with Gasteiger partial charge in [-0.2, -0.15) is 0 Å². The number of nitrogens with one attached hydrogen (secondary N) is 3. The molecule has 1 aliphatic heterocycles. The molecule has 1 fully saturated rings. The van der Waals surface area contributed by atoms with Crippen LogP contribution in [-0.2, 0) is 16.1 Å². The molecule has 4 rings (SSSR count). The molecule has 2 aromatic rings. The first-order valence-corrected chi connectivity index (χ1v) is 13.1. The highest BCUT2D eigenvalue weighted by molar-refractivity contribution is 9.10. The topological polar surface area (TPSA) is 99.8 Å². The summed E-state index contributed by atoms with van der Waals surface area (Å²) in [5.74, 6) is 0.558. The molecular formula is C27H33BrN4O4. The number of benzene rings is 2. The van der Waals surface area contributed by atoms with E-state index >= 15 is 0 Å². The molecule has 3 N–H and O–H groups in total. The van der Waals surface area contributed by atoms with Crippen LogP contribution in [0.5, 0.6) is 5.75 Å². The fourth-order valence-electron chi connectivity index (χ4n) is 5.01. The third-order valence-electron chi connectivity index (χ3n) is 7.08. The zero-order valence-corrected chi connectivity index (χ0v) is 22.5. The van der Waals surface area contributed by atoms with Crippen molar-refractivity contribution in [2.24, 2.45) is 5.92 Å². The van der Waals surface area contributed by atoms with Crippen molar-refractivity contribution in [3.8, 4) is 5.75 Å².